The summed E-state index contributed by atoms with van der Waals surface area (Å²) in [7, 11) is 0. The number of carbonyl (C=O) groups is 3. The zero-order valence-electron chi connectivity index (χ0n) is 11.6. The van der Waals surface area contributed by atoms with Gasteiger partial charge in [-0.15, -0.1) is 0 Å². The van der Waals surface area contributed by atoms with Crippen LogP contribution in [0.2, 0.25) is 0 Å². The second kappa shape index (κ2) is 8.34. The molecular formula is C12H22N2O5. The van der Waals surface area contributed by atoms with Crippen LogP contribution in [0.5, 0.6) is 0 Å². The Morgan fingerprint density at radius 1 is 1.26 bits per heavy atom. The lowest BCUT2D eigenvalue weighted by molar-refractivity contribution is -0.144. The zero-order valence-corrected chi connectivity index (χ0v) is 11.6. The molecule has 19 heavy (non-hydrogen) atoms. The first-order valence-electron chi connectivity index (χ1n) is 6.30. The van der Waals surface area contributed by atoms with E-state index < -0.39 is 23.5 Å². The van der Waals surface area contributed by atoms with Gasteiger partial charge in [0.1, 0.15) is 5.54 Å². The third-order valence-corrected chi connectivity index (χ3v) is 2.53. The number of rotatable bonds is 8. The molecule has 2 amide bonds. The van der Waals surface area contributed by atoms with Crippen LogP contribution in [0, 0.1) is 0 Å². The number of hydrogen-bond donors (Lipinski definition) is 3. The van der Waals surface area contributed by atoms with Crippen molar-refractivity contribution < 1.29 is 24.2 Å². The Hall–Kier alpha value is -1.79. The van der Waals surface area contributed by atoms with Crippen LogP contribution < -0.4 is 10.6 Å². The van der Waals surface area contributed by atoms with Crippen molar-refractivity contribution in [3.05, 3.63) is 0 Å². The minimum absolute atomic E-state index is 0.0544. The normalized spacial score (nSPS) is 13.2. The Bertz CT molecular complexity index is 332. The SMILES string of the molecule is CCCC(C)(NC(=O)NCCC(=O)OCC)C(=O)O. The van der Waals surface area contributed by atoms with E-state index in [4.69, 9.17) is 9.84 Å². The summed E-state index contributed by atoms with van der Waals surface area (Å²) >= 11 is 0. The van der Waals surface area contributed by atoms with Gasteiger partial charge in [0.2, 0.25) is 0 Å². The van der Waals surface area contributed by atoms with Crippen molar-refractivity contribution in [2.75, 3.05) is 13.2 Å². The molecule has 0 aromatic rings. The fraction of sp³-hybridized carbons (Fsp3) is 0.750. The maximum absolute atomic E-state index is 11.5. The molecule has 7 heteroatoms. The van der Waals surface area contributed by atoms with Gasteiger partial charge in [-0.2, -0.15) is 0 Å². The molecule has 0 heterocycles. The Balaban J connectivity index is 4.14. The van der Waals surface area contributed by atoms with E-state index in [1.165, 1.54) is 6.92 Å². The fourth-order valence-electron chi connectivity index (χ4n) is 1.53. The summed E-state index contributed by atoms with van der Waals surface area (Å²) in [6, 6.07) is -0.609. The zero-order chi connectivity index (χ0) is 14.9. The summed E-state index contributed by atoms with van der Waals surface area (Å²) in [4.78, 5) is 33.7. The molecule has 110 valence electrons. The number of urea groups is 1. The summed E-state index contributed by atoms with van der Waals surface area (Å²) in [6.45, 7) is 5.37. The first-order chi connectivity index (χ1) is 8.85. The summed E-state index contributed by atoms with van der Waals surface area (Å²) in [5.74, 6) is -1.49. The molecule has 0 aromatic carbocycles. The highest BCUT2D eigenvalue weighted by Crippen LogP contribution is 2.12. The van der Waals surface area contributed by atoms with Crippen molar-refractivity contribution in [1.82, 2.24) is 10.6 Å². The molecule has 0 fully saturated rings. The largest absolute Gasteiger partial charge is 0.480 e. The Morgan fingerprint density at radius 2 is 1.89 bits per heavy atom. The second-order valence-corrected chi connectivity index (χ2v) is 4.32. The average molecular weight is 274 g/mol. The van der Waals surface area contributed by atoms with Crippen molar-refractivity contribution in [2.45, 2.75) is 45.6 Å². The van der Waals surface area contributed by atoms with E-state index in [0.29, 0.717) is 19.4 Å². The monoisotopic (exact) mass is 274 g/mol. The lowest BCUT2D eigenvalue weighted by Crippen LogP contribution is -2.55. The number of nitrogens with one attached hydrogen (secondary N) is 2. The van der Waals surface area contributed by atoms with E-state index >= 15 is 0 Å². The van der Waals surface area contributed by atoms with Crippen LogP contribution in [0.3, 0.4) is 0 Å². The number of amides is 2. The third-order valence-electron chi connectivity index (χ3n) is 2.53. The summed E-state index contributed by atoms with van der Waals surface area (Å²) < 4.78 is 4.70. The molecule has 1 atom stereocenters. The second-order valence-electron chi connectivity index (χ2n) is 4.32. The first kappa shape index (κ1) is 17.2. The highest BCUT2D eigenvalue weighted by Gasteiger charge is 2.33. The van der Waals surface area contributed by atoms with E-state index in [1.807, 2.05) is 6.92 Å². The first-order valence-corrected chi connectivity index (χ1v) is 6.30. The minimum atomic E-state index is -1.30. The van der Waals surface area contributed by atoms with Crippen LogP contribution in [0.1, 0.15) is 40.0 Å². The van der Waals surface area contributed by atoms with E-state index in [1.54, 1.807) is 6.92 Å². The van der Waals surface area contributed by atoms with E-state index in [0.717, 1.165) is 0 Å². The van der Waals surface area contributed by atoms with Crippen LogP contribution in [0.4, 0.5) is 4.79 Å². The van der Waals surface area contributed by atoms with Crippen LogP contribution >= 0.6 is 0 Å². The average Bonchev–Trinajstić information content (AvgIpc) is 2.29. The summed E-state index contributed by atoms with van der Waals surface area (Å²) in [5.41, 5.74) is -1.30. The van der Waals surface area contributed by atoms with Gasteiger partial charge in [0.05, 0.1) is 13.0 Å². The van der Waals surface area contributed by atoms with Crippen LogP contribution in [0.15, 0.2) is 0 Å². The number of carbonyl (C=O) groups excluding carboxylic acids is 2. The van der Waals surface area contributed by atoms with Crippen molar-refractivity contribution in [3.63, 3.8) is 0 Å². The van der Waals surface area contributed by atoms with Gasteiger partial charge in [0.15, 0.2) is 0 Å². The van der Waals surface area contributed by atoms with Crippen LogP contribution in [-0.2, 0) is 14.3 Å². The Labute approximate surface area is 112 Å². The van der Waals surface area contributed by atoms with E-state index in [-0.39, 0.29) is 13.0 Å². The molecule has 1 unspecified atom stereocenters. The van der Waals surface area contributed by atoms with Gasteiger partial charge in [0, 0.05) is 6.54 Å². The van der Waals surface area contributed by atoms with Crippen molar-refractivity contribution >= 4 is 18.0 Å². The maximum Gasteiger partial charge on any atom is 0.329 e. The molecule has 0 radical (unpaired) electrons. The standard InChI is InChI=1S/C12H22N2O5/c1-4-7-12(3,10(16)17)14-11(18)13-8-6-9(15)19-5-2/h4-8H2,1-3H3,(H,16,17)(H2,13,14,18). The number of carboxylic acids is 1. The quantitative estimate of drug-likeness (QED) is 0.570. The minimum Gasteiger partial charge on any atom is -0.480 e. The Morgan fingerprint density at radius 3 is 2.37 bits per heavy atom. The lowest BCUT2D eigenvalue weighted by atomic mass is 9.97. The molecule has 7 nitrogen and oxygen atoms in total. The number of aliphatic carboxylic acids is 1. The van der Waals surface area contributed by atoms with E-state index in [9.17, 15) is 14.4 Å². The molecule has 0 saturated carbocycles. The van der Waals surface area contributed by atoms with Gasteiger partial charge in [0.25, 0.3) is 0 Å². The number of hydrogen-bond acceptors (Lipinski definition) is 4. The predicted molar refractivity (Wildman–Crippen MR) is 68.7 cm³/mol. The van der Waals surface area contributed by atoms with Crippen molar-refractivity contribution in [1.29, 1.82) is 0 Å². The van der Waals surface area contributed by atoms with Gasteiger partial charge in [-0.25, -0.2) is 9.59 Å². The Kier molecular flexibility index (Phi) is 7.55. The molecule has 0 aliphatic heterocycles. The van der Waals surface area contributed by atoms with Gasteiger partial charge >= 0.3 is 18.0 Å². The number of ether oxygens (including phenoxy) is 1. The van der Waals surface area contributed by atoms with Gasteiger partial charge in [-0.3, -0.25) is 4.79 Å². The highest BCUT2D eigenvalue weighted by atomic mass is 16.5. The summed E-state index contributed by atoms with van der Waals surface area (Å²) in [5, 5.41) is 13.9. The fourth-order valence-corrected chi connectivity index (χ4v) is 1.53. The number of esters is 1. The van der Waals surface area contributed by atoms with Crippen molar-refractivity contribution in [2.24, 2.45) is 0 Å². The number of carboxylic acid groups (broad SMARTS) is 1. The predicted octanol–water partition coefficient (Wildman–Crippen LogP) is 0.882. The molecule has 0 aromatic heterocycles. The molecule has 0 saturated heterocycles. The van der Waals surface area contributed by atoms with Gasteiger partial charge in [-0.05, 0) is 20.3 Å². The lowest BCUT2D eigenvalue weighted by Gasteiger charge is -2.25. The molecule has 0 rings (SSSR count). The van der Waals surface area contributed by atoms with Crippen molar-refractivity contribution in [3.8, 4) is 0 Å². The van der Waals surface area contributed by atoms with Crippen LogP contribution in [0.25, 0.3) is 0 Å². The molecule has 0 aliphatic rings. The van der Waals surface area contributed by atoms with E-state index in [2.05, 4.69) is 10.6 Å². The van der Waals surface area contributed by atoms with Gasteiger partial charge in [-0.1, -0.05) is 13.3 Å². The molecule has 3 N–H and O–H groups in total. The molecule has 0 bridgehead atoms. The third kappa shape index (κ3) is 6.64. The highest BCUT2D eigenvalue weighted by molar-refractivity contribution is 5.86. The molecule has 0 aliphatic carbocycles. The summed E-state index contributed by atoms with van der Waals surface area (Å²) in [6.07, 6.45) is 1.01. The van der Waals surface area contributed by atoms with Gasteiger partial charge < -0.3 is 20.5 Å². The van der Waals surface area contributed by atoms with Crippen LogP contribution in [-0.4, -0.2) is 41.8 Å². The topological polar surface area (TPSA) is 105 Å². The molecule has 0 spiro atoms. The maximum atomic E-state index is 11.5. The smallest absolute Gasteiger partial charge is 0.329 e. The molecular weight excluding hydrogens is 252 g/mol.